The van der Waals surface area contributed by atoms with Crippen LogP contribution in [0.1, 0.15) is 18.9 Å². The molecule has 0 spiro atoms. The molecule has 1 aromatic carbocycles. The third-order valence-electron chi connectivity index (χ3n) is 3.46. The number of hydrogen-bond acceptors (Lipinski definition) is 2. The van der Waals surface area contributed by atoms with Crippen LogP contribution in [0.5, 0.6) is 0 Å². The SMILES string of the molecule is CC1CN(Cc2ccc(F)cc2Br)CCC1N.Cl. The van der Waals surface area contributed by atoms with E-state index in [-0.39, 0.29) is 18.2 Å². The maximum atomic E-state index is 13.0. The molecule has 0 saturated carbocycles. The topological polar surface area (TPSA) is 29.3 Å². The molecule has 1 fully saturated rings. The van der Waals surface area contributed by atoms with E-state index in [4.69, 9.17) is 5.73 Å². The fourth-order valence-corrected chi connectivity index (χ4v) is 2.76. The molecule has 0 aromatic heterocycles. The third kappa shape index (κ3) is 3.92. The summed E-state index contributed by atoms with van der Waals surface area (Å²) in [4.78, 5) is 2.38. The van der Waals surface area contributed by atoms with Gasteiger partial charge in [0.2, 0.25) is 0 Å². The third-order valence-corrected chi connectivity index (χ3v) is 4.20. The van der Waals surface area contributed by atoms with Gasteiger partial charge in [0.15, 0.2) is 0 Å². The summed E-state index contributed by atoms with van der Waals surface area (Å²) >= 11 is 3.41. The van der Waals surface area contributed by atoms with Gasteiger partial charge in [-0.15, -0.1) is 12.4 Å². The Labute approximate surface area is 122 Å². The Balaban J connectivity index is 0.00000162. The van der Waals surface area contributed by atoms with E-state index >= 15 is 0 Å². The first kappa shape index (κ1) is 15.9. The Hall–Kier alpha value is -0.160. The van der Waals surface area contributed by atoms with Gasteiger partial charge in [0, 0.05) is 23.6 Å². The van der Waals surface area contributed by atoms with Gasteiger partial charge in [-0.25, -0.2) is 4.39 Å². The average molecular weight is 338 g/mol. The van der Waals surface area contributed by atoms with Crippen LogP contribution in [-0.2, 0) is 6.54 Å². The van der Waals surface area contributed by atoms with Gasteiger partial charge in [0.25, 0.3) is 0 Å². The molecule has 2 atom stereocenters. The van der Waals surface area contributed by atoms with Crippen molar-refractivity contribution in [2.45, 2.75) is 25.9 Å². The van der Waals surface area contributed by atoms with Crippen LogP contribution in [0.2, 0.25) is 0 Å². The lowest BCUT2D eigenvalue weighted by atomic mass is 9.94. The fourth-order valence-electron chi connectivity index (χ4n) is 2.28. The summed E-state index contributed by atoms with van der Waals surface area (Å²) < 4.78 is 13.8. The van der Waals surface area contributed by atoms with Crippen molar-refractivity contribution < 1.29 is 4.39 Å². The van der Waals surface area contributed by atoms with Crippen LogP contribution in [0.3, 0.4) is 0 Å². The van der Waals surface area contributed by atoms with Crippen molar-refractivity contribution in [1.82, 2.24) is 4.90 Å². The summed E-state index contributed by atoms with van der Waals surface area (Å²) in [5.74, 6) is 0.331. The number of nitrogens with two attached hydrogens (primary N) is 1. The minimum Gasteiger partial charge on any atom is -0.327 e. The van der Waals surface area contributed by atoms with E-state index in [1.807, 2.05) is 6.07 Å². The molecular weight excluding hydrogens is 319 g/mol. The van der Waals surface area contributed by atoms with Crippen LogP contribution in [0.4, 0.5) is 4.39 Å². The minimum atomic E-state index is -0.199. The molecule has 102 valence electrons. The number of benzene rings is 1. The van der Waals surface area contributed by atoms with Crippen molar-refractivity contribution in [2.24, 2.45) is 11.7 Å². The number of hydrogen-bond donors (Lipinski definition) is 1. The molecule has 0 aliphatic carbocycles. The van der Waals surface area contributed by atoms with Crippen molar-refractivity contribution in [1.29, 1.82) is 0 Å². The normalized spacial score (nSPS) is 24.7. The van der Waals surface area contributed by atoms with Gasteiger partial charge in [0.1, 0.15) is 5.82 Å². The number of halogens is 3. The van der Waals surface area contributed by atoms with Crippen molar-refractivity contribution in [3.63, 3.8) is 0 Å². The smallest absolute Gasteiger partial charge is 0.124 e. The molecule has 1 saturated heterocycles. The van der Waals surface area contributed by atoms with E-state index in [9.17, 15) is 4.39 Å². The molecule has 0 amide bonds. The van der Waals surface area contributed by atoms with Gasteiger partial charge in [0.05, 0.1) is 0 Å². The Bertz CT molecular complexity index is 403. The van der Waals surface area contributed by atoms with Crippen LogP contribution in [0.15, 0.2) is 22.7 Å². The molecular formula is C13H19BrClFN2. The highest BCUT2D eigenvalue weighted by atomic mass is 79.9. The van der Waals surface area contributed by atoms with E-state index in [2.05, 4.69) is 27.8 Å². The molecule has 5 heteroatoms. The zero-order valence-electron chi connectivity index (χ0n) is 10.4. The highest BCUT2D eigenvalue weighted by Crippen LogP contribution is 2.22. The quantitative estimate of drug-likeness (QED) is 0.898. The first-order valence-electron chi connectivity index (χ1n) is 5.98. The molecule has 1 heterocycles. The summed E-state index contributed by atoms with van der Waals surface area (Å²) in [6.07, 6.45) is 1.04. The summed E-state index contributed by atoms with van der Waals surface area (Å²) in [6.45, 7) is 5.09. The van der Waals surface area contributed by atoms with E-state index in [0.717, 1.165) is 36.1 Å². The highest BCUT2D eigenvalue weighted by Gasteiger charge is 2.23. The molecule has 0 bridgehead atoms. The Morgan fingerprint density at radius 2 is 2.22 bits per heavy atom. The summed E-state index contributed by atoms with van der Waals surface area (Å²) in [6, 6.07) is 5.20. The molecule has 1 aliphatic rings. The zero-order chi connectivity index (χ0) is 12.4. The lowest BCUT2D eigenvalue weighted by molar-refractivity contribution is 0.157. The van der Waals surface area contributed by atoms with Crippen LogP contribution in [-0.4, -0.2) is 24.0 Å². The largest absolute Gasteiger partial charge is 0.327 e. The number of nitrogens with zero attached hydrogens (tertiary/aromatic N) is 1. The van der Waals surface area contributed by atoms with Crippen molar-refractivity contribution in [3.05, 3.63) is 34.1 Å². The average Bonchev–Trinajstić information content (AvgIpc) is 2.27. The number of rotatable bonds is 2. The Morgan fingerprint density at radius 1 is 1.50 bits per heavy atom. The number of likely N-dealkylation sites (tertiary alicyclic amines) is 1. The minimum absolute atomic E-state index is 0. The highest BCUT2D eigenvalue weighted by molar-refractivity contribution is 9.10. The van der Waals surface area contributed by atoms with Crippen LogP contribution < -0.4 is 5.73 Å². The van der Waals surface area contributed by atoms with Crippen LogP contribution in [0.25, 0.3) is 0 Å². The maximum absolute atomic E-state index is 13.0. The Kier molecular flexibility index (Phi) is 6.05. The second-order valence-corrected chi connectivity index (χ2v) is 5.75. The van der Waals surface area contributed by atoms with Crippen molar-refractivity contribution in [3.8, 4) is 0 Å². The first-order valence-corrected chi connectivity index (χ1v) is 6.77. The molecule has 0 radical (unpaired) electrons. The predicted molar refractivity (Wildman–Crippen MR) is 78.4 cm³/mol. The molecule has 18 heavy (non-hydrogen) atoms. The van der Waals surface area contributed by atoms with Gasteiger partial charge in [-0.2, -0.15) is 0 Å². The van der Waals surface area contributed by atoms with E-state index in [1.54, 1.807) is 0 Å². The Morgan fingerprint density at radius 3 is 2.83 bits per heavy atom. The monoisotopic (exact) mass is 336 g/mol. The zero-order valence-corrected chi connectivity index (χ0v) is 12.8. The second-order valence-electron chi connectivity index (χ2n) is 4.90. The van der Waals surface area contributed by atoms with Crippen LogP contribution >= 0.6 is 28.3 Å². The maximum Gasteiger partial charge on any atom is 0.124 e. The first-order chi connectivity index (χ1) is 8.06. The summed E-state index contributed by atoms with van der Waals surface area (Å²) in [7, 11) is 0. The lowest BCUT2D eigenvalue weighted by Crippen LogP contribution is -2.45. The summed E-state index contributed by atoms with van der Waals surface area (Å²) in [5, 5.41) is 0. The molecule has 1 aliphatic heterocycles. The van der Waals surface area contributed by atoms with Crippen LogP contribution in [0, 0.1) is 11.7 Å². The number of piperidine rings is 1. The van der Waals surface area contributed by atoms with Crippen molar-refractivity contribution >= 4 is 28.3 Å². The van der Waals surface area contributed by atoms with Crippen molar-refractivity contribution in [2.75, 3.05) is 13.1 Å². The van der Waals surface area contributed by atoms with E-state index < -0.39 is 0 Å². The fraction of sp³-hybridized carbons (Fsp3) is 0.538. The predicted octanol–water partition coefficient (Wildman–Crippen LogP) is 3.18. The van der Waals surface area contributed by atoms with Gasteiger partial charge in [-0.3, -0.25) is 4.90 Å². The van der Waals surface area contributed by atoms with Gasteiger partial charge >= 0.3 is 0 Å². The molecule has 1 aromatic rings. The molecule has 2 N–H and O–H groups in total. The standard InChI is InChI=1S/C13H18BrFN2.ClH/c1-9-7-17(5-4-13(9)16)8-10-2-3-11(15)6-12(10)14;/h2-3,6,9,13H,4-5,7-8,16H2,1H3;1H. The van der Waals surface area contributed by atoms with Gasteiger partial charge in [-0.1, -0.05) is 28.9 Å². The van der Waals surface area contributed by atoms with Gasteiger partial charge in [-0.05, 0) is 36.6 Å². The second kappa shape index (κ2) is 6.85. The molecule has 2 unspecified atom stereocenters. The summed E-state index contributed by atoms with van der Waals surface area (Å²) in [5.41, 5.74) is 7.13. The van der Waals surface area contributed by atoms with Gasteiger partial charge < -0.3 is 5.73 Å². The molecule has 2 nitrogen and oxygen atoms in total. The van der Waals surface area contributed by atoms with E-state index in [0.29, 0.717) is 12.0 Å². The van der Waals surface area contributed by atoms with E-state index in [1.165, 1.54) is 12.1 Å². The lowest BCUT2D eigenvalue weighted by Gasteiger charge is -2.35. The molecule has 2 rings (SSSR count).